The average Bonchev–Trinajstić information content (AvgIpc) is 2.46. The van der Waals surface area contributed by atoms with E-state index in [0.717, 1.165) is 25.2 Å². The number of halogens is 2. The highest BCUT2D eigenvalue weighted by atomic mass is 79.9. The van der Waals surface area contributed by atoms with E-state index in [1.54, 1.807) is 6.07 Å². The second-order valence-electron chi connectivity index (χ2n) is 5.02. The Morgan fingerprint density at radius 3 is 2.86 bits per heavy atom. The quantitative estimate of drug-likeness (QED) is 0.872. The molecule has 0 saturated carbocycles. The van der Waals surface area contributed by atoms with Crippen LogP contribution in [-0.2, 0) is 13.0 Å². The molecule has 0 spiro atoms. The molecule has 108 valence electrons. The van der Waals surface area contributed by atoms with Gasteiger partial charge in [-0.05, 0) is 54.4 Å². The molecule has 0 aromatic heterocycles. The summed E-state index contributed by atoms with van der Waals surface area (Å²) in [7, 11) is 0. The van der Waals surface area contributed by atoms with Crippen LogP contribution in [0.5, 0.6) is 0 Å². The summed E-state index contributed by atoms with van der Waals surface area (Å²) >= 11 is 3.19. The number of hydrogen-bond donors (Lipinski definition) is 2. The number of rotatable bonds is 2. The van der Waals surface area contributed by atoms with Crippen LogP contribution in [0.1, 0.15) is 21.5 Å². The normalized spacial score (nSPS) is 13.6. The number of hydrogen-bond acceptors (Lipinski definition) is 2. The monoisotopic (exact) mass is 348 g/mol. The zero-order valence-electron chi connectivity index (χ0n) is 11.2. The van der Waals surface area contributed by atoms with Crippen molar-refractivity contribution >= 4 is 27.5 Å². The Hall–Kier alpha value is -1.72. The van der Waals surface area contributed by atoms with Crippen molar-refractivity contribution in [2.24, 2.45) is 0 Å². The van der Waals surface area contributed by atoms with Crippen molar-refractivity contribution in [2.45, 2.75) is 13.0 Å². The number of benzene rings is 2. The molecule has 1 aliphatic rings. The summed E-state index contributed by atoms with van der Waals surface area (Å²) in [6, 6.07) is 10.0. The van der Waals surface area contributed by atoms with Crippen molar-refractivity contribution < 1.29 is 9.18 Å². The van der Waals surface area contributed by atoms with E-state index in [4.69, 9.17) is 0 Å². The maximum atomic E-state index is 13.3. The molecule has 0 radical (unpaired) electrons. The van der Waals surface area contributed by atoms with E-state index < -0.39 is 5.82 Å². The van der Waals surface area contributed by atoms with Gasteiger partial charge in [-0.3, -0.25) is 4.79 Å². The number of amides is 1. The molecule has 2 aromatic rings. The van der Waals surface area contributed by atoms with Crippen LogP contribution in [0.25, 0.3) is 0 Å². The third-order valence-electron chi connectivity index (χ3n) is 3.48. The molecule has 1 amide bonds. The fourth-order valence-corrected chi connectivity index (χ4v) is 2.91. The fraction of sp³-hybridized carbons (Fsp3) is 0.188. The van der Waals surface area contributed by atoms with Crippen molar-refractivity contribution in [3.63, 3.8) is 0 Å². The highest BCUT2D eigenvalue weighted by molar-refractivity contribution is 9.10. The Morgan fingerprint density at radius 2 is 2.05 bits per heavy atom. The van der Waals surface area contributed by atoms with Crippen molar-refractivity contribution in [1.82, 2.24) is 5.32 Å². The maximum Gasteiger partial charge on any atom is 0.255 e. The van der Waals surface area contributed by atoms with Crippen molar-refractivity contribution in [1.29, 1.82) is 0 Å². The molecule has 2 N–H and O–H groups in total. The molecule has 0 aliphatic carbocycles. The highest BCUT2D eigenvalue weighted by Gasteiger charge is 2.12. The predicted molar refractivity (Wildman–Crippen MR) is 83.9 cm³/mol. The lowest BCUT2D eigenvalue weighted by Crippen LogP contribution is -2.23. The molecule has 1 aliphatic heterocycles. The van der Waals surface area contributed by atoms with E-state index in [-0.39, 0.29) is 11.5 Å². The first-order valence-corrected chi connectivity index (χ1v) is 7.51. The van der Waals surface area contributed by atoms with Crippen LogP contribution in [0, 0.1) is 5.82 Å². The summed E-state index contributed by atoms with van der Waals surface area (Å²) in [6.45, 7) is 1.79. The van der Waals surface area contributed by atoms with Gasteiger partial charge in [0, 0.05) is 22.3 Å². The minimum Gasteiger partial charge on any atom is -0.322 e. The molecule has 0 atom stereocenters. The molecule has 2 aromatic carbocycles. The molecule has 3 nitrogen and oxygen atoms in total. The minimum absolute atomic E-state index is 0.290. The second-order valence-corrected chi connectivity index (χ2v) is 5.94. The third kappa shape index (κ3) is 3.31. The standard InChI is InChI=1S/C16H14BrFN2O/c17-13-5-11(6-14(18)8-13)16(21)20-15-2-1-10-3-4-19-9-12(10)7-15/h1-2,5-8,19H,3-4,9H2,(H,20,21). The van der Waals surface area contributed by atoms with Gasteiger partial charge >= 0.3 is 0 Å². The highest BCUT2D eigenvalue weighted by Crippen LogP contribution is 2.20. The van der Waals surface area contributed by atoms with E-state index in [1.165, 1.54) is 23.3 Å². The Kier molecular flexibility index (Phi) is 4.03. The number of carbonyl (C=O) groups excluding carboxylic acids is 1. The van der Waals surface area contributed by atoms with Gasteiger partial charge in [0.25, 0.3) is 5.91 Å². The van der Waals surface area contributed by atoms with Crippen LogP contribution in [0.2, 0.25) is 0 Å². The van der Waals surface area contributed by atoms with Crippen LogP contribution in [0.4, 0.5) is 10.1 Å². The predicted octanol–water partition coefficient (Wildman–Crippen LogP) is 3.49. The lowest BCUT2D eigenvalue weighted by molar-refractivity contribution is 0.102. The molecular weight excluding hydrogens is 335 g/mol. The van der Waals surface area contributed by atoms with Crippen LogP contribution in [-0.4, -0.2) is 12.5 Å². The zero-order chi connectivity index (χ0) is 14.8. The number of fused-ring (bicyclic) bond motifs is 1. The Balaban J connectivity index is 1.81. The van der Waals surface area contributed by atoms with Gasteiger partial charge in [0.2, 0.25) is 0 Å². The third-order valence-corrected chi connectivity index (χ3v) is 3.93. The SMILES string of the molecule is O=C(Nc1ccc2c(c1)CNCC2)c1cc(F)cc(Br)c1. The smallest absolute Gasteiger partial charge is 0.255 e. The molecule has 3 rings (SSSR count). The fourth-order valence-electron chi connectivity index (χ4n) is 2.45. The van der Waals surface area contributed by atoms with Gasteiger partial charge in [-0.25, -0.2) is 4.39 Å². The maximum absolute atomic E-state index is 13.3. The number of anilines is 1. The molecule has 0 fully saturated rings. The first-order chi connectivity index (χ1) is 10.1. The zero-order valence-corrected chi connectivity index (χ0v) is 12.8. The van der Waals surface area contributed by atoms with Crippen LogP contribution < -0.4 is 10.6 Å². The summed E-state index contributed by atoms with van der Waals surface area (Å²) in [6.07, 6.45) is 1.00. The Morgan fingerprint density at radius 1 is 1.19 bits per heavy atom. The minimum atomic E-state index is -0.441. The van der Waals surface area contributed by atoms with Crippen LogP contribution in [0.15, 0.2) is 40.9 Å². The van der Waals surface area contributed by atoms with Crippen LogP contribution in [0.3, 0.4) is 0 Å². The van der Waals surface area contributed by atoms with Gasteiger partial charge in [0.15, 0.2) is 0 Å². The largest absolute Gasteiger partial charge is 0.322 e. The summed E-state index contributed by atoms with van der Waals surface area (Å²) in [5.74, 6) is -0.761. The van der Waals surface area contributed by atoms with Crippen LogP contribution >= 0.6 is 15.9 Å². The Labute approximate surface area is 130 Å². The average molecular weight is 349 g/mol. The van der Waals surface area contributed by atoms with E-state index >= 15 is 0 Å². The summed E-state index contributed by atoms with van der Waals surface area (Å²) in [4.78, 5) is 12.2. The van der Waals surface area contributed by atoms with Crippen molar-refractivity contribution in [3.05, 3.63) is 63.4 Å². The summed E-state index contributed by atoms with van der Waals surface area (Å²) in [5.41, 5.74) is 3.51. The van der Waals surface area contributed by atoms with Gasteiger partial charge in [-0.2, -0.15) is 0 Å². The van der Waals surface area contributed by atoms with E-state index in [9.17, 15) is 9.18 Å². The van der Waals surface area contributed by atoms with E-state index in [1.807, 2.05) is 18.2 Å². The molecule has 1 heterocycles. The summed E-state index contributed by atoms with van der Waals surface area (Å²) < 4.78 is 13.9. The van der Waals surface area contributed by atoms with Gasteiger partial charge in [-0.15, -0.1) is 0 Å². The first kappa shape index (κ1) is 14.2. The molecule has 5 heteroatoms. The van der Waals surface area contributed by atoms with E-state index in [0.29, 0.717) is 4.47 Å². The van der Waals surface area contributed by atoms with Gasteiger partial charge in [-0.1, -0.05) is 22.0 Å². The first-order valence-electron chi connectivity index (χ1n) is 6.72. The van der Waals surface area contributed by atoms with E-state index in [2.05, 4.69) is 26.6 Å². The van der Waals surface area contributed by atoms with Gasteiger partial charge in [0.05, 0.1) is 0 Å². The molecule has 0 bridgehead atoms. The van der Waals surface area contributed by atoms with Gasteiger partial charge < -0.3 is 10.6 Å². The van der Waals surface area contributed by atoms with Gasteiger partial charge in [0.1, 0.15) is 5.82 Å². The molecule has 21 heavy (non-hydrogen) atoms. The molecule has 0 unspecified atom stereocenters. The topological polar surface area (TPSA) is 41.1 Å². The van der Waals surface area contributed by atoms with Crippen molar-refractivity contribution in [3.8, 4) is 0 Å². The number of carbonyl (C=O) groups is 1. The van der Waals surface area contributed by atoms with Crippen molar-refractivity contribution in [2.75, 3.05) is 11.9 Å². The molecular formula is C16H14BrFN2O. The lowest BCUT2D eigenvalue weighted by Gasteiger charge is -2.18. The Bertz CT molecular complexity index is 682. The second kappa shape index (κ2) is 5.95. The number of nitrogens with one attached hydrogen (secondary N) is 2. The molecule has 0 saturated heterocycles. The summed E-state index contributed by atoms with van der Waals surface area (Å²) in [5, 5.41) is 6.11. The lowest BCUT2D eigenvalue weighted by atomic mass is 10.0.